The van der Waals surface area contributed by atoms with Gasteiger partial charge in [0.25, 0.3) is 0 Å². The molecule has 0 radical (unpaired) electrons. The number of hydrogen-bond donors (Lipinski definition) is 1. The fraction of sp³-hybridized carbons (Fsp3) is 0.125. The molecule has 0 aromatic heterocycles. The van der Waals surface area contributed by atoms with Gasteiger partial charge in [-0.15, -0.1) is 24.9 Å². The Labute approximate surface area is 197 Å². The van der Waals surface area contributed by atoms with Crippen molar-refractivity contribution in [3.8, 4) is 11.5 Å². The molecule has 33 heavy (non-hydrogen) atoms. The van der Waals surface area contributed by atoms with E-state index in [4.69, 9.17) is 21.4 Å². The first-order chi connectivity index (χ1) is 15.7. The minimum absolute atomic E-state index is 0.287. The van der Waals surface area contributed by atoms with E-state index in [1.807, 2.05) is 36.4 Å². The van der Waals surface area contributed by atoms with E-state index in [1.165, 1.54) is 23.9 Å². The van der Waals surface area contributed by atoms with E-state index >= 15 is 0 Å². The molecule has 0 fully saturated rings. The molecule has 0 heterocycles. The molecule has 0 aliphatic heterocycles. The molecule has 0 atom stereocenters. The van der Waals surface area contributed by atoms with E-state index < -0.39 is 18.9 Å². The summed E-state index contributed by atoms with van der Waals surface area (Å²) in [5.74, 6) is -0.486. The summed E-state index contributed by atoms with van der Waals surface area (Å²) < 4.78 is 46.4. The largest absolute Gasteiger partial charge is 0.573 e. The Balaban J connectivity index is 1.77. The molecule has 0 unspecified atom stereocenters. The first-order valence-corrected chi connectivity index (χ1v) is 11.0. The van der Waals surface area contributed by atoms with E-state index in [-0.39, 0.29) is 5.75 Å². The minimum atomic E-state index is -4.75. The first kappa shape index (κ1) is 24.5. The van der Waals surface area contributed by atoms with E-state index in [0.29, 0.717) is 16.5 Å². The lowest BCUT2D eigenvalue weighted by molar-refractivity contribution is -0.274. The van der Waals surface area contributed by atoms with E-state index in [2.05, 4.69) is 4.74 Å². The standard InChI is InChI=1S/C24H18ClF3O4S/c25-21-14-19(31-15-23(29)30)10-11-22(21)33-13-12-20(16-4-2-1-3-5-16)17-6-8-18(9-7-17)32-24(26,27)28/h1-12,14H,13,15H2,(H,29,30)/b20-12-. The molecular weight excluding hydrogens is 477 g/mol. The Bertz CT molecular complexity index is 1120. The van der Waals surface area contributed by atoms with Crippen LogP contribution >= 0.6 is 23.4 Å². The van der Waals surface area contributed by atoms with Gasteiger partial charge in [-0.25, -0.2) is 4.79 Å². The number of rotatable bonds is 9. The second kappa shape index (κ2) is 11.2. The molecule has 0 amide bonds. The maximum atomic E-state index is 12.4. The van der Waals surface area contributed by atoms with E-state index in [9.17, 15) is 18.0 Å². The Morgan fingerprint density at radius 3 is 2.21 bits per heavy atom. The van der Waals surface area contributed by atoms with Gasteiger partial charge in [-0.2, -0.15) is 0 Å². The second-order valence-electron chi connectivity index (χ2n) is 6.64. The molecule has 172 valence electrons. The van der Waals surface area contributed by atoms with Gasteiger partial charge in [-0.1, -0.05) is 60.1 Å². The molecule has 0 saturated heterocycles. The number of thioether (sulfide) groups is 1. The average molecular weight is 495 g/mol. The van der Waals surface area contributed by atoms with Crippen molar-refractivity contribution in [1.82, 2.24) is 0 Å². The number of alkyl halides is 3. The molecule has 0 aliphatic rings. The monoisotopic (exact) mass is 494 g/mol. The second-order valence-corrected chi connectivity index (χ2v) is 8.11. The average Bonchev–Trinajstić information content (AvgIpc) is 2.77. The lowest BCUT2D eigenvalue weighted by atomic mass is 9.98. The van der Waals surface area contributed by atoms with Crippen LogP contribution in [0.25, 0.3) is 5.57 Å². The van der Waals surface area contributed by atoms with Crippen molar-refractivity contribution in [2.24, 2.45) is 0 Å². The van der Waals surface area contributed by atoms with Crippen LogP contribution in [0.1, 0.15) is 11.1 Å². The highest BCUT2D eigenvalue weighted by Crippen LogP contribution is 2.33. The number of aliphatic carboxylic acids is 1. The summed E-state index contributed by atoms with van der Waals surface area (Å²) in [6, 6.07) is 20.1. The van der Waals surface area contributed by atoms with Gasteiger partial charge < -0.3 is 14.6 Å². The lowest BCUT2D eigenvalue weighted by Gasteiger charge is -2.12. The molecule has 0 aliphatic carbocycles. The zero-order valence-electron chi connectivity index (χ0n) is 17.0. The van der Waals surface area contributed by atoms with Crippen LogP contribution in [0.5, 0.6) is 11.5 Å². The molecule has 0 saturated carbocycles. The maximum absolute atomic E-state index is 12.4. The fourth-order valence-corrected chi connectivity index (χ4v) is 4.03. The highest BCUT2D eigenvalue weighted by atomic mass is 35.5. The number of halogens is 4. The van der Waals surface area contributed by atoms with Crippen LogP contribution in [0.4, 0.5) is 13.2 Å². The minimum Gasteiger partial charge on any atom is -0.482 e. The summed E-state index contributed by atoms with van der Waals surface area (Å²) in [4.78, 5) is 11.4. The summed E-state index contributed by atoms with van der Waals surface area (Å²) in [5, 5.41) is 9.12. The molecule has 9 heteroatoms. The van der Waals surface area contributed by atoms with E-state index in [1.54, 1.807) is 30.3 Å². The van der Waals surface area contributed by atoms with Gasteiger partial charge in [0.1, 0.15) is 11.5 Å². The Morgan fingerprint density at radius 2 is 1.61 bits per heavy atom. The van der Waals surface area contributed by atoms with Crippen LogP contribution in [0, 0.1) is 0 Å². The molecular formula is C24H18ClF3O4S. The zero-order valence-corrected chi connectivity index (χ0v) is 18.6. The topological polar surface area (TPSA) is 55.8 Å². The number of carboxylic acid groups (broad SMARTS) is 1. The van der Waals surface area contributed by atoms with Crippen molar-refractivity contribution < 1.29 is 32.5 Å². The Hall–Kier alpha value is -3.10. The van der Waals surface area contributed by atoms with Crippen LogP contribution in [0.2, 0.25) is 5.02 Å². The number of ether oxygens (including phenoxy) is 2. The number of hydrogen-bond acceptors (Lipinski definition) is 4. The zero-order chi connectivity index (χ0) is 23.8. The molecule has 0 bridgehead atoms. The van der Waals surface area contributed by atoms with Crippen molar-refractivity contribution >= 4 is 34.9 Å². The van der Waals surface area contributed by atoms with Crippen LogP contribution in [0.3, 0.4) is 0 Å². The normalized spacial score (nSPS) is 11.8. The highest BCUT2D eigenvalue weighted by molar-refractivity contribution is 7.99. The van der Waals surface area contributed by atoms with Gasteiger partial charge in [-0.3, -0.25) is 0 Å². The van der Waals surface area contributed by atoms with Crippen molar-refractivity contribution in [3.05, 3.63) is 95.0 Å². The molecule has 1 N–H and O–H groups in total. The Morgan fingerprint density at radius 1 is 0.970 bits per heavy atom. The van der Waals surface area contributed by atoms with Gasteiger partial charge in [-0.05, 0) is 47.0 Å². The number of carbonyl (C=O) groups is 1. The summed E-state index contributed by atoms with van der Waals surface area (Å²) in [7, 11) is 0. The van der Waals surface area contributed by atoms with Crippen LogP contribution in [-0.4, -0.2) is 29.8 Å². The molecule has 4 nitrogen and oxygen atoms in total. The third kappa shape index (κ3) is 7.76. The van der Waals surface area contributed by atoms with Gasteiger partial charge in [0, 0.05) is 10.6 Å². The van der Waals surface area contributed by atoms with Gasteiger partial charge in [0.15, 0.2) is 6.61 Å². The predicted octanol–water partition coefficient (Wildman–Crippen LogP) is 6.93. The van der Waals surface area contributed by atoms with Crippen LogP contribution in [-0.2, 0) is 4.79 Å². The summed E-state index contributed by atoms with van der Waals surface area (Å²) in [6.45, 7) is -0.460. The predicted molar refractivity (Wildman–Crippen MR) is 122 cm³/mol. The van der Waals surface area contributed by atoms with Crippen molar-refractivity contribution in [1.29, 1.82) is 0 Å². The van der Waals surface area contributed by atoms with Crippen LogP contribution in [0.15, 0.2) is 83.8 Å². The smallest absolute Gasteiger partial charge is 0.482 e. The SMILES string of the molecule is O=C(O)COc1ccc(SC/C=C(/c2ccccc2)c2ccc(OC(F)(F)F)cc2)c(Cl)c1. The van der Waals surface area contributed by atoms with Crippen LogP contribution < -0.4 is 9.47 Å². The summed E-state index contributed by atoms with van der Waals surface area (Å²) >= 11 is 7.74. The number of carboxylic acids is 1. The third-order valence-electron chi connectivity index (χ3n) is 4.28. The third-order valence-corrected chi connectivity index (χ3v) is 5.70. The van der Waals surface area contributed by atoms with Crippen molar-refractivity contribution in [2.45, 2.75) is 11.3 Å². The molecule has 0 spiro atoms. The fourth-order valence-electron chi connectivity index (χ4n) is 2.90. The van der Waals surface area contributed by atoms with Crippen molar-refractivity contribution in [2.75, 3.05) is 12.4 Å². The number of benzene rings is 3. The van der Waals surface area contributed by atoms with Crippen molar-refractivity contribution in [3.63, 3.8) is 0 Å². The Kier molecular flexibility index (Phi) is 8.30. The van der Waals surface area contributed by atoms with Gasteiger partial charge >= 0.3 is 12.3 Å². The maximum Gasteiger partial charge on any atom is 0.573 e. The molecule has 3 rings (SSSR count). The molecule has 3 aromatic carbocycles. The molecule has 3 aromatic rings. The lowest BCUT2D eigenvalue weighted by Crippen LogP contribution is -2.17. The quantitative estimate of drug-likeness (QED) is 0.327. The first-order valence-electron chi connectivity index (χ1n) is 9.60. The highest BCUT2D eigenvalue weighted by Gasteiger charge is 2.31. The van der Waals surface area contributed by atoms with E-state index in [0.717, 1.165) is 21.6 Å². The van der Waals surface area contributed by atoms with Gasteiger partial charge in [0.05, 0.1) is 5.02 Å². The van der Waals surface area contributed by atoms with Gasteiger partial charge in [0.2, 0.25) is 0 Å². The summed E-state index contributed by atoms with van der Waals surface area (Å²) in [5.41, 5.74) is 2.49. The summed E-state index contributed by atoms with van der Waals surface area (Å²) in [6.07, 6.45) is -2.78.